The molecule has 0 radical (unpaired) electrons. The second-order valence-electron chi connectivity index (χ2n) is 8.44. The number of aliphatic imine (C=N–C) groups is 1. The molecule has 2 saturated heterocycles. The molecule has 0 saturated carbocycles. The number of nitrogens with one attached hydrogen (secondary N) is 2. The van der Waals surface area contributed by atoms with Gasteiger partial charge < -0.3 is 20.1 Å². The van der Waals surface area contributed by atoms with Crippen LogP contribution in [0.3, 0.4) is 0 Å². The van der Waals surface area contributed by atoms with E-state index in [0.29, 0.717) is 17.9 Å². The van der Waals surface area contributed by atoms with Gasteiger partial charge in [-0.25, -0.2) is 0 Å². The maximum absolute atomic E-state index is 5.93. The van der Waals surface area contributed by atoms with Crippen LogP contribution in [0.25, 0.3) is 0 Å². The highest BCUT2D eigenvalue weighted by molar-refractivity contribution is 14.0. The average molecular weight is 511 g/mol. The molecule has 166 valence electrons. The number of guanidine groups is 1. The van der Waals surface area contributed by atoms with Gasteiger partial charge in [-0.2, -0.15) is 0 Å². The zero-order chi connectivity index (χ0) is 19.6. The molecule has 2 heterocycles. The Bertz CT molecular complexity index is 444. The summed E-state index contributed by atoms with van der Waals surface area (Å²) in [6.45, 7) is 18.5. The molecule has 2 aliphatic rings. The van der Waals surface area contributed by atoms with Crippen LogP contribution < -0.4 is 10.6 Å². The van der Waals surface area contributed by atoms with Crippen LogP contribution in [0.1, 0.15) is 27.7 Å². The Morgan fingerprint density at radius 1 is 1.07 bits per heavy atom. The van der Waals surface area contributed by atoms with Crippen molar-refractivity contribution in [3.8, 4) is 0 Å². The quantitative estimate of drug-likeness (QED) is 0.293. The predicted molar refractivity (Wildman–Crippen MR) is 127 cm³/mol. The molecule has 0 amide bonds. The second kappa shape index (κ2) is 14.0. The standard InChI is InChI=1S/C20H41N5O2.HI/c1-16(2)14-24-6-11-27-18(15-24)12-22-20(21-5)23-13-19(17(3)4)25-7-9-26-10-8-25;/h16-19H,6-15H2,1-5H3,(H2,21,22,23);1H. The molecule has 2 fully saturated rings. The van der Waals surface area contributed by atoms with Gasteiger partial charge in [-0.15, -0.1) is 24.0 Å². The first-order valence-electron chi connectivity index (χ1n) is 10.6. The van der Waals surface area contributed by atoms with Gasteiger partial charge in [0.05, 0.1) is 25.9 Å². The van der Waals surface area contributed by atoms with Crippen molar-refractivity contribution in [2.24, 2.45) is 16.8 Å². The van der Waals surface area contributed by atoms with Crippen molar-refractivity contribution in [3.05, 3.63) is 0 Å². The minimum Gasteiger partial charge on any atom is -0.379 e. The van der Waals surface area contributed by atoms with E-state index in [1.54, 1.807) is 0 Å². The van der Waals surface area contributed by atoms with E-state index in [0.717, 1.165) is 71.6 Å². The minimum atomic E-state index is 0. The fourth-order valence-corrected chi connectivity index (χ4v) is 3.91. The number of halogens is 1. The van der Waals surface area contributed by atoms with E-state index >= 15 is 0 Å². The van der Waals surface area contributed by atoms with E-state index in [2.05, 4.69) is 53.1 Å². The summed E-state index contributed by atoms with van der Waals surface area (Å²) in [4.78, 5) is 9.43. The third-order valence-corrected chi connectivity index (χ3v) is 5.33. The van der Waals surface area contributed by atoms with Gasteiger partial charge in [-0.05, 0) is 11.8 Å². The molecule has 0 aliphatic carbocycles. The molecule has 28 heavy (non-hydrogen) atoms. The second-order valence-corrected chi connectivity index (χ2v) is 8.44. The lowest BCUT2D eigenvalue weighted by Gasteiger charge is -2.37. The number of morpholine rings is 2. The van der Waals surface area contributed by atoms with Gasteiger partial charge in [-0.3, -0.25) is 14.8 Å². The van der Waals surface area contributed by atoms with Gasteiger partial charge in [0.15, 0.2) is 5.96 Å². The van der Waals surface area contributed by atoms with Crippen LogP contribution >= 0.6 is 24.0 Å². The van der Waals surface area contributed by atoms with Crippen LogP contribution in [0.2, 0.25) is 0 Å². The van der Waals surface area contributed by atoms with Crippen molar-refractivity contribution >= 4 is 29.9 Å². The molecule has 0 bridgehead atoms. The highest BCUT2D eigenvalue weighted by Crippen LogP contribution is 2.12. The summed E-state index contributed by atoms with van der Waals surface area (Å²) >= 11 is 0. The maximum atomic E-state index is 5.93. The summed E-state index contributed by atoms with van der Waals surface area (Å²) in [5.74, 6) is 2.14. The SMILES string of the molecule is CN=C(NCC1CN(CC(C)C)CCO1)NCC(C(C)C)N1CCOCC1.I. The summed E-state index contributed by atoms with van der Waals surface area (Å²) in [7, 11) is 1.83. The molecule has 7 nitrogen and oxygen atoms in total. The average Bonchev–Trinajstić information content (AvgIpc) is 2.65. The van der Waals surface area contributed by atoms with Gasteiger partial charge in [0, 0.05) is 58.9 Å². The third-order valence-electron chi connectivity index (χ3n) is 5.33. The summed E-state index contributed by atoms with van der Waals surface area (Å²) in [5, 5.41) is 6.97. The van der Waals surface area contributed by atoms with Crippen LogP contribution in [0.5, 0.6) is 0 Å². The number of nitrogens with zero attached hydrogens (tertiary/aromatic N) is 3. The molecule has 2 unspecified atom stereocenters. The molecule has 2 atom stereocenters. The zero-order valence-electron chi connectivity index (χ0n) is 18.4. The third kappa shape index (κ3) is 9.11. The molecule has 0 aromatic heterocycles. The normalized spacial score (nSPS) is 23.5. The number of ether oxygens (including phenoxy) is 2. The molecule has 2 aliphatic heterocycles. The lowest BCUT2D eigenvalue weighted by atomic mass is 10.0. The van der Waals surface area contributed by atoms with Gasteiger partial charge in [0.1, 0.15) is 0 Å². The van der Waals surface area contributed by atoms with Crippen molar-refractivity contribution in [1.29, 1.82) is 0 Å². The topological polar surface area (TPSA) is 61.4 Å². The number of rotatable bonds is 8. The van der Waals surface area contributed by atoms with E-state index in [9.17, 15) is 0 Å². The zero-order valence-corrected chi connectivity index (χ0v) is 20.8. The summed E-state index contributed by atoms with van der Waals surface area (Å²) in [6, 6.07) is 0.486. The summed E-state index contributed by atoms with van der Waals surface area (Å²) in [5.41, 5.74) is 0. The molecule has 2 rings (SSSR count). The monoisotopic (exact) mass is 511 g/mol. The van der Waals surface area contributed by atoms with E-state index in [-0.39, 0.29) is 30.1 Å². The Labute approximate surface area is 189 Å². The Kier molecular flexibility index (Phi) is 12.9. The van der Waals surface area contributed by atoms with Crippen molar-refractivity contribution in [3.63, 3.8) is 0 Å². The largest absolute Gasteiger partial charge is 0.379 e. The van der Waals surface area contributed by atoms with Crippen molar-refractivity contribution < 1.29 is 9.47 Å². The smallest absolute Gasteiger partial charge is 0.191 e. The van der Waals surface area contributed by atoms with Crippen molar-refractivity contribution in [2.75, 3.05) is 72.7 Å². The first-order chi connectivity index (χ1) is 13.0. The molecule has 0 aromatic rings. The van der Waals surface area contributed by atoms with E-state index in [1.807, 2.05) is 7.05 Å². The Morgan fingerprint density at radius 3 is 2.39 bits per heavy atom. The van der Waals surface area contributed by atoms with Gasteiger partial charge in [0.25, 0.3) is 0 Å². The maximum Gasteiger partial charge on any atom is 0.191 e. The first kappa shape index (κ1) is 25.9. The summed E-state index contributed by atoms with van der Waals surface area (Å²) < 4.78 is 11.4. The van der Waals surface area contributed by atoms with E-state index < -0.39 is 0 Å². The lowest BCUT2D eigenvalue weighted by Crippen LogP contribution is -2.54. The Hall–Kier alpha value is -0.160. The molecule has 8 heteroatoms. The van der Waals surface area contributed by atoms with Gasteiger partial charge in [-0.1, -0.05) is 27.7 Å². The van der Waals surface area contributed by atoms with Crippen LogP contribution in [-0.4, -0.2) is 101 Å². The first-order valence-corrected chi connectivity index (χ1v) is 10.6. The molecule has 0 spiro atoms. The van der Waals surface area contributed by atoms with E-state index in [4.69, 9.17) is 9.47 Å². The van der Waals surface area contributed by atoms with Gasteiger partial charge >= 0.3 is 0 Å². The minimum absolute atomic E-state index is 0. The van der Waals surface area contributed by atoms with Gasteiger partial charge in [0.2, 0.25) is 0 Å². The van der Waals surface area contributed by atoms with Crippen LogP contribution in [-0.2, 0) is 9.47 Å². The van der Waals surface area contributed by atoms with Crippen LogP contribution in [0.15, 0.2) is 4.99 Å². The predicted octanol–water partition coefficient (Wildman–Crippen LogP) is 1.48. The Balaban J connectivity index is 0.00000392. The highest BCUT2D eigenvalue weighted by atomic mass is 127. The highest BCUT2D eigenvalue weighted by Gasteiger charge is 2.24. The fraction of sp³-hybridized carbons (Fsp3) is 0.950. The molecular weight excluding hydrogens is 469 g/mol. The number of hydrogen-bond acceptors (Lipinski definition) is 5. The van der Waals surface area contributed by atoms with E-state index in [1.165, 1.54) is 0 Å². The van der Waals surface area contributed by atoms with Crippen LogP contribution in [0.4, 0.5) is 0 Å². The Morgan fingerprint density at radius 2 is 1.79 bits per heavy atom. The fourth-order valence-electron chi connectivity index (χ4n) is 3.91. The van der Waals surface area contributed by atoms with Crippen LogP contribution in [0, 0.1) is 11.8 Å². The lowest BCUT2D eigenvalue weighted by molar-refractivity contribution is -0.0284. The molecule has 2 N–H and O–H groups in total. The van der Waals surface area contributed by atoms with Crippen molar-refractivity contribution in [2.45, 2.75) is 39.8 Å². The molecule has 0 aromatic carbocycles. The molecular formula is C20H42IN5O2. The number of hydrogen-bond donors (Lipinski definition) is 2. The summed E-state index contributed by atoms with van der Waals surface area (Å²) in [6.07, 6.45) is 0.219. The van der Waals surface area contributed by atoms with Crippen molar-refractivity contribution in [1.82, 2.24) is 20.4 Å².